The molecular weight excluding hydrogens is 705 g/mol. The van der Waals surface area contributed by atoms with Crippen LogP contribution in [0.2, 0.25) is 0 Å². The van der Waals surface area contributed by atoms with E-state index in [1.807, 2.05) is 44.3 Å². The minimum Gasteiger partial charge on any atom is -0.489 e. The highest BCUT2D eigenvalue weighted by Crippen LogP contribution is 2.46. The van der Waals surface area contributed by atoms with Crippen LogP contribution in [0, 0.1) is 17.8 Å². The van der Waals surface area contributed by atoms with Gasteiger partial charge in [-0.1, -0.05) is 32.4 Å². The van der Waals surface area contributed by atoms with Gasteiger partial charge in [0.05, 0.1) is 24.0 Å². The quantitative estimate of drug-likeness (QED) is 0.304. The predicted molar refractivity (Wildman–Crippen MR) is 195 cm³/mol. The smallest absolute Gasteiger partial charge is 0.405 e. The number of nitrogens with one attached hydrogen (secondary N) is 3. The number of nitrogens with zero attached hydrogens (tertiary/aromatic N) is 3. The molecule has 0 spiro atoms. The van der Waals surface area contributed by atoms with Gasteiger partial charge >= 0.3 is 6.09 Å². The average Bonchev–Trinajstić information content (AvgIpc) is 4.05. The fraction of sp³-hybridized carbons (Fsp3) is 0.595. The zero-order valence-corrected chi connectivity index (χ0v) is 31.1. The van der Waals surface area contributed by atoms with Crippen LogP contribution in [0.15, 0.2) is 36.5 Å². The van der Waals surface area contributed by atoms with Crippen molar-refractivity contribution in [2.45, 2.75) is 94.2 Å². The number of pyridine rings is 1. The number of amides is 4. The topological polar surface area (TPSA) is 197 Å². The Morgan fingerprint density at radius 2 is 1.94 bits per heavy atom. The molecule has 1 saturated heterocycles. The molecule has 2 aromatic rings. The monoisotopic (exact) mass is 752 g/mol. The number of hydrogen-bond donors (Lipinski definition) is 4. The number of aromatic nitrogens is 1. The summed E-state index contributed by atoms with van der Waals surface area (Å²) in [6, 6.07) is 3.38. The van der Waals surface area contributed by atoms with E-state index in [4.69, 9.17) is 9.47 Å². The van der Waals surface area contributed by atoms with Crippen molar-refractivity contribution in [3.8, 4) is 11.6 Å². The molecule has 4 N–H and O–H groups in total. The number of hydrogen-bond acceptors (Lipinski definition) is 10. The number of carbonyl (C=O) groups is 4. The molecule has 3 aliphatic heterocycles. The first kappa shape index (κ1) is 36.7. The van der Waals surface area contributed by atoms with Crippen molar-refractivity contribution in [1.29, 1.82) is 0 Å². The summed E-state index contributed by atoms with van der Waals surface area (Å²) in [5.41, 5.74) is -0.592. The zero-order chi connectivity index (χ0) is 37.7. The molecule has 1 aromatic carbocycles. The summed E-state index contributed by atoms with van der Waals surface area (Å²) in [6.45, 7) is 5.17. The fourth-order valence-electron chi connectivity index (χ4n) is 8.15. The minimum atomic E-state index is -3.90. The standard InChI is InChI=1S/C37H48N6O9S/c1-4-22-17-21(2)7-5-6-8-23-19-37(23,35(46)41-53(49,50)25-9-10-25)40-32(44)29-18-24(20-43(29)34(45)30(22)39-36(47)48)52-33-27-11-12-28-31(26(27)13-14-38-33)51-16-15-42(28)3/h6,8,11-14,21-25,29-30,39H,4-5,7,9-10,15-20H2,1-3H3,(H,40,44)(H,41,46)(H,47,48)/b8-6-/t21-,22+,23+,24+,29-,30-,37+/m0/s1. The molecule has 0 radical (unpaired) electrons. The van der Waals surface area contributed by atoms with E-state index >= 15 is 0 Å². The molecule has 16 heteroatoms. The Labute approximate surface area is 308 Å². The van der Waals surface area contributed by atoms with Crippen LogP contribution in [0.1, 0.15) is 65.2 Å². The van der Waals surface area contributed by atoms with Crippen molar-refractivity contribution in [2.24, 2.45) is 17.8 Å². The number of carboxylic acid groups (broad SMARTS) is 1. The Hall–Kier alpha value is -4.60. The molecule has 286 valence electrons. The molecule has 0 bridgehead atoms. The van der Waals surface area contributed by atoms with Crippen LogP contribution < -0.4 is 29.7 Å². The maximum Gasteiger partial charge on any atom is 0.405 e. The first-order valence-corrected chi connectivity index (χ1v) is 20.1. The summed E-state index contributed by atoms with van der Waals surface area (Å²) in [5, 5.41) is 16.0. The van der Waals surface area contributed by atoms with Crippen LogP contribution in [-0.2, 0) is 24.4 Å². The predicted octanol–water partition coefficient (Wildman–Crippen LogP) is 2.93. The van der Waals surface area contributed by atoms with E-state index in [2.05, 4.69) is 32.2 Å². The molecule has 3 fully saturated rings. The average molecular weight is 753 g/mol. The summed E-state index contributed by atoms with van der Waals surface area (Å²) < 4.78 is 40.4. The summed E-state index contributed by atoms with van der Waals surface area (Å²) in [5.74, 6) is -1.69. The van der Waals surface area contributed by atoms with Crippen LogP contribution in [0.25, 0.3) is 10.8 Å². The fourth-order valence-corrected chi connectivity index (χ4v) is 9.51. The number of allylic oxidation sites excluding steroid dienone is 1. The molecule has 4 heterocycles. The van der Waals surface area contributed by atoms with E-state index in [1.54, 1.807) is 6.20 Å². The second kappa shape index (κ2) is 14.3. The Morgan fingerprint density at radius 1 is 1.15 bits per heavy atom. The van der Waals surface area contributed by atoms with Crippen molar-refractivity contribution in [2.75, 3.05) is 31.6 Å². The van der Waals surface area contributed by atoms with Gasteiger partial charge in [-0.2, -0.15) is 0 Å². The summed E-state index contributed by atoms with van der Waals surface area (Å²) >= 11 is 0. The van der Waals surface area contributed by atoms with Gasteiger partial charge in [-0.25, -0.2) is 18.2 Å². The number of carbonyl (C=O) groups excluding carboxylic acids is 3. The Balaban J connectivity index is 1.22. The van der Waals surface area contributed by atoms with E-state index < -0.39 is 68.7 Å². The third kappa shape index (κ3) is 7.34. The Bertz CT molecular complexity index is 1940. The second-order valence-corrected chi connectivity index (χ2v) is 17.2. The molecule has 7 atom stereocenters. The van der Waals surface area contributed by atoms with Gasteiger partial charge in [0, 0.05) is 36.4 Å². The summed E-state index contributed by atoms with van der Waals surface area (Å²) in [4.78, 5) is 62.7. The van der Waals surface area contributed by atoms with Gasteiger partial charge < -0.3 is 35.0 Å². The Kier molecular flexibility index (Phi) is 9.93. The van der Waals surface area contributed by atoms with E-state index in [1.165, 1.54) is 4.90 Å². The molecule has 0 unspecified atom stereocenters. The van der Waals surface area contributed by atoms with Gasteiger partial charge in [0.2, 0.25) is 27.7 Å². The van der Waals surface area contributed by atoms with E-state index in [0.29, 0.717) is 49.8 Å². The number of rotatable bonds is 7. The molecule has 2 saturated carbocycles. The van der Waals surface area contributed by atoms with Crippen molar-refractivity contribution in [3.05, 3.63) is 36.5 Å². The van der Waals surface area contributed by atoms with Crippen LogP contribution in [0.5, 0.6) is 11.6 Å². The van der Waals surface area contributed by atoms with E-state index in [-0.39, 0.29) is 37.1 Å². The molecule has 5 aliphatic rings. The lowest BCUT2D eigenvalue weighted by Crippen LogP contribution is -2.59. The van der Waals surface area contributed by atoms with Crippen LogP contribution in [0.4, 0.5) is 10.5 Å². The van der Waals surface area contributed by atoms with Gasteiger partial charge in [-0.05, 0) is 68.6 Å². The number of benzene rings is 1. The van der Waals surface area contributed by atoms with E-state index in [0.717, 1.165) is 24.0 Å². The molecule has 15 nitrogen and oxygen atoms in total. The molecule has 7 rings (SSSR count). The third-order valence-electron chi connectivity index (χ3n) is 11.5. The highest BCUT2D eigenvalue weighted by Gasteiger charge is 2.62. The normalized spacial score (nSPS) is 31.1. The highest BCUT2D eigenvalue weighted by atomic mass is 32.2. The molecule has 53 heavy (non-hydrogen) atoms. The third-order valence-corrected chi connectivity index (χ3v) is 13.3. The zero-order valence-electron chi connectivity index (χ0n) is 30.2. The van der Waals surface area contributed by atoms with Crippen molar-refractivity contribution < 1.29 is 42.2 Å². The molecule has 4 amide bonds. The minimum absolute atomic E-state index is 0.0192. The van der Waals surface area contributed by atoms with Crippen LogP contribution in [0.3, 0.4) is 0 Å². The number of ether oxygens (including phenoxy) is 2. The number of likely N-dealkylation sites (N-methyl/N-ethyl adjacent to an activating group) is 1. The number of fused-ring (bicyclic) bond motifs is 5. The second-order valence-electron chi connectivity index (χ2n) is 15.3. The lowest BCUT2D eigenvalue weighted by molar-refractivity contribution is -0.142. The lowest BCUT2D eigenvalue weighted by atomic mass is 9.85. The first-order chi connectivity index (χ1) is 25.3. The molecule has 1 aromatic heterocycles. The SMILES string of the molecule is CC[C@@H]1C[C@@H](C)CC/C=C\[C@@H]2C[C@@]2(C(=O)NS(=O)(=O)C2CC2)NC(=O)[C@@H]2C[C@@H](Oc3nccc4c5c(ccc34)N(C)CCO5)CN2C(=O)[C@H]1NC(=O)O. The molecule has 2 aliphatic carbocycles. The largest absolute Gasteiger partial charge is 0.489 e. The maximum atomic E-state index is 14.6. The van der Waals surface area contributed by atoms with E-state index in [9.17, 15) is 32.7 Å². The number of anilines is 1. The van der Waals surface area contributed by atoms with Crippen LogP contribution in [-0.4, -0.2) is 103 Å². The summed E-state index contributed by atoms with van der Waals surface area (Å²) in [7, 11) is -1.91. The van der Waals surface area contributed by atoms with Gasteiger partial charge in [0.25, 0.3) is 5.91 Å². The van der Waals surface area contributed by atoms with Gasteiger partial charge in [0.15, 0.2) is 5.75 Å². The summed E-state index contributed by atoms with van der Waals surface area (Å²) in [6.07, 6.45) is 6.97. The van der Waals surface area contributed by atoms with Gasteiger partial charge in [0.1, 0.15) is 30.3 Å². The van der Waals surface area contributed by atoms with Crippen molar-refractivity contribution in [3.63, 3.8) is 0 Å². The number of sulfonamides is 1. The highest BCUT2D eigenvalue weighted by molar-refractivity contribution is 7.91. The Morgan fingerprint density at radius 3 is 2.68 bits per heavy atom. The van der Waals surface area contributed by atoms with Crippen LogP contribution >= 0.6 is 0 Å². The van der Waals surface area contributed by atoms with Crippen molar-refractivity contribution >= 4 is 50.3 Å². The lowest BCUT2D eigenvalue weighted by Gasteiger charge is -2.33. The molecular formula is C37H48N6O9S. The maximum absolute atomic E-state index is 14.6. The van der Waals surface area contributed by atoms with Crippen molar-refractivity contribution in [1.82, 2.24) is 25.2 Å². The van der Waals surface area contributed by atoms with Gasteiger partial charge in [-0.3, -0.25) is 19.1 Å². The van der Waals surface area contributed by atoms with Gasteiger partial charge in [-0.15, -0.1) is 0 Å². The first-order valence-electron chi connectivity index (χ1n) is 18.6.